The first kappa shape index (κ1) is 8.63. The number of hydrogen-bond donors (Lipinski definition) is 2. The molecule has 12 heavy (non-hydrogen) atoms. The van der Waals surface area contributed by atoms with Crippen molar-refractivity contribution in [2.24, 2.45) is 0 Å². The molecular weight excluding hydrogens is 168 g/mol. The molecule has 0 bridgehead atoms. The molecule has 0 radical (unpaired) electrons. The van der Waals surface area contributed by atoms with Crippen molar-refractivity contribution in [3.05, 3.63) is 12.3 Å². The Labute approximate surface area is 67.0 Å². The van der Waals surface area contributed by atoms with Crippen LogP contribution in [0.4, 0.5) is 14.6 Å². The summed E-state index contributed by atoms with van der Waals surface area (Å²) in [6, 6.07) is 1.38. The number of H-pyrrole nitrogens is 1. The van der Waals surface area contributed by atoms with Crippen LogP contribution in [0.2, 0.25) is 0 Å². The van der Waals surface area contributed by atoms with Crippen molar-refractivity contribution >= 4 is 11.7 Å². The van der Waals surface area contributed by atoms with Crippen LogP contribution in [0.1, 0.15) is 6.92 Å². The fraction of sp³-hybridized carbons (Fsp3) is 0.333. The first-order chi connectivity index (χ1) is 5.50. The lowest BCUT2D eigenvalue weighted by Gasteiger charge is -2.08. The molecule has 1 heterocycles. The highest BCUT2D eigenvalue weighted by molar-refractivity contribution is 5.94. The molecule has 0 aliphatic carbocycles. The number of hydrogen-bond acceptors (Lipinski definition) is 2. The molecule has 1 aromatic heterocycles. The summed E-state index contributed by atoms with van der Waals surface area (Å²) in [5.74, 6) is -4.57. The van der Waals surface area contributed by atoms with E-state index in [2.05, 4.69) is 10.2 Å². The van der Waals surface area contributed by atoms with Crippen LogP contribution in [0.3, 0.4) is 0 Å². The third kappa shape index (κ3) is 2.01. The molecule has 0 aliphatic rings. The predicted octanol–water partition coefficient (Wildman–Crippen LogP) is 1.00. The molecule has 0 aromatic carbocycles. The average Bonchev–Trinajstić information content (AvgIpc) is 2.37. The highest BCUT2D eigenvalue weighted by Crippen LogP contribution is 2.13. The molecule has 1 amide bonds. The van der Waals surface area contributed by atoms with E-state index in [4.69, 9.17) is 0 Å². The molecule has 0 saturated carbocycles. The van der Waals surface area contributed by atoms with E-state index in [9.17, 15) is 13.6 Å². The van der Waals surface area contributed by atoms with Gasteiger partial charge in [-0.2, -0.15) is 13.9 Å². The van der Waals surface area contributed by atoms with E-state index in [1.807, 2.05) is 5.32 Å². The van der Waals surface area contributed by atoms with E-state index >= 15 is 0 Å². The van der Waals surface area contributed by atoms with Crippen LogP contribution in [0.25, 0.3) is 0 Å². The zero-order valence-electron chi connectivity index (χ0n) is 6.27. The number of nitrogens with zero attached hydrogens (tertiary/aromatic N) is 1. The third-order valence-electron chi connectivity index (χ3n) is 1.15. The highest BCUT2D eigenvalue weighted by Gasteiger charge is 2.32. The molecule has 0 atom stereocenters. The number of rotatable bonds is 2. The van der Waals surface area contributed by atoms with E-state index in [0.717, 1.165) is 0 Å². The van der Waals surface area contributed by atoms with E-state index in [1.165, 1.54) is 12.3 Å². The van der Waals surface area contributed by atoms with Crippen molar-refractivity contribution in [1.29, 1.82) is 0 Å². The molecule has 4 nitrogen and oxygen atoms in total. The van der Waals surface area contributed by atoms with Crippen molar-refractivity contribution in [2.45, 2.75) is 12.8 Å². The minimum Gasteiger partial charge on any atom is -0.306 e. The number of aromatic amines is 1. The average molecular weight is 175 g/mol. The number of carbonyl (C=O) groups excluding carboxylic acids is 1. The van der Waals surface area contributed by atoms with Gasteiger partial charge in [0.05, 0.1) is 6.20 Å². The molecule has 1 rings (SSSR count). The molecule has 6 heteroatoms. The van der Waals surface area contributed by atoms with Gasteiger partial charge < -0.3 is 5.32 Å². The number of nitrogens with one attached hydrogen (secondary N) is 2. The number of aromatic nitrogens is 2. The largest absolute Gasteiger partial charge is 0.322 e. The van der Waals surface area contributed by atoms with Crippen molar-refractivity contribution in [2.75, 3.05) is 5.32 Å². The number of alkyl halides is 2. The molecule has 0 fully saturated rings. The molecular formula is C6H7F2N3O. The summed E-state index contributed by atoms with van der Waals surface area (Å²) in [4.78, 5) is 10.6. The van der Waals surface area contributed by atoms with E-state index in [-0.39, 0.29) is 5.82 Å². The van der Waals surface area contributed by atoms with Crippen molar-refractivity contribution < 1.29 is 13.6 Å². The Balaban J connectivity index is 2.60. The first-order valence-electron chi connectivity index (χ1n) is 3.19. The Kier molecular flexibility index (Phi) is 2.07. The number of amides is 1. The lowest BCUT2D eigenvalue weighted by Crippen LogP contribution is -2.31. The fourth-order valence-electron chi connectivity index (χ4n) is 0.558. The number of anilines is 1. The zero-order valence-corrected chi connectivity index (χ0v) is 6.27. The standard InChI is InChI=1S/C6H7F2N3O/c1-6(7,8)5(12)10-4-2-3-9-11-4/h2-3H,1H3,(H2,9,10,11,12). The van der Waals surface area contributed by atoms with Crippen molar-refractivity contribution in [3.63, 3.8) is 0 Å². The minimum absolute atomic E-state index is 0.154. The topological polar surface area (TPSA) is 57.8 Å². The van der Waals surface area contributed by atoms with Gasteiger partial charge in [-0.1, -0.05) is 0 Å². The molecule has 1 aromatic rings. The van der Waals surface area contributed by atoms with Crippen LogP contribution in [0.15, 0.2) is 12.3 Å². The van der Waals surface area contributed by atoms with Crippen molar-refractivity contribution in [1.82, 2.24) is 10.2 Å². The Morgan fingerprint density at radius 1 is 1.75 bits per heavy atom. The third-order valence-corrected chi connectivity index (χ3v) is 1.15. The van der Waals surface area contributed by atoms with Gasteiger partial charge in [0.25, 0.3) is 5.91 Å². The lowest BCUT2D eigenvalue weighted by atomic mass is 10.3. The number of halogens is 2. The Hall–Kier alpha value is -1.46. The predicted molar refractivity (Wildman–Crippen MR) is 37.8 cm³/mol. The fourth-order valence-corrected chi connectivity index (χ4v) is 0.558. The smallest absolute Gasteiger partial charge is 0.306 e. The van der Waals surface area contributed by atoms with E-state index in [1.54, 1.807) is 0 Å². The molecule has 66 valence electrons. The van der Waals surface area contributed by atoms with E-state index < -0.39 is 11.8 Å². The van der Waals surface area contributed by atoms with Crippen LogP contribution >= 0.6 is 0 Å². The molecule has 0 aliphatic heterocycles. The second-order valence-electron chi connectivity index (χ2n) is 2.31. The van der Waals surface area contributed by atoms with Gasteiger partial charge in [-0.05, 0) is 0 Å². The van der Waals surface area contributed by atoms with Crippen LogP contribution in [0.5, 0.6) is 0 Å². The van der Waals surface area contributed by atoms with Gasteiger partial charge in [0, 0.05) is 13.0 Å². The summed E-state index contributed by atoms with van der Waals surface area (Å²) in [6.07, 6.45) is 1.35. The maximum atomic E-state index is 12.3. The van der Waals surface area contributed by atoms with Gasteiger partial charge >= 0.3 is 5.92 Å². The summed E-state index contributed by atoms with van der Waals surface area (Å²) in [5, 5.41) is 7.75. The Morgan fingerprint density at radius 3 is 2.83 bits per heavy atom. The molecule has 0 saturated heterocycles. The summed E-state index contributed by atoms with van der Waals surface area (Å²) in [7, 11) is 0. The quantitative estimate of drug-likeness (QED) is 0.704. The molecule has 2 N–H and O–H groups in total. The van der Waals surface area contributed by atoms with Gasteiger partial charge in [-0.15, -0.1) is 0 Å². The zero-order chi connectivity index (χ0) is 9.19. The van der Waals surface area contributed by atoms with Crippen LogP contribution in [-0.2, 0) is 4.79 Å². The minimum atomic E-state index is -3.37. The van der Waals surface area contributed by atoms with Gasteiger partial charge in [-0.25, -0.2) is 0 Å². The van der Waals surface area contributed by atoms with E-state index in [0.29, 0.717) is 6.92 Å². The summed E-state index contributed by atoms with van der Waals surface area (Å²) < 4.78 is 24.5. The van der Waals surface area contributed by atoms with Gasteiger partial charge in [0.2, 0.25) is 0 Å². The lowest BCUT2D eigenvalue weighted by molar-refractivity contribution is -0.137. The normalized spacial score (nSPS) is 11.2. The first-order valence-corrected chi connectivity index (χ1v) is 3.19. The maximum absolute atomic E-state index is 12.3. The SMILES string of the molecule is CC(F)(F)C(=O)Nc1ccn[nH]1. The summed E-state index contributed by atoms with van der Waals surface area (Å²) in [6.45, 7) is 0.526. The maximum Gasteiger partial charge on any atom is 0.322 e. The second kappa shape index (κ2) is 2.88. The van der Waals surface area contributed by atoms with Gasteiger partial charge in [0.1, 0.15) is 5.82 Å². The highest BCUT2D eigenvalue weighted by atomic mass is 19.3. The van der Waals surface area contributed by atoms with Crippen LogP contribution < -0.4 is 5.32 Å². The van der Waals surface area contributed by atoms with Crippen LogP contribution in [0, 0.1) is 0 Å². The number of carbonyl (C=O) groups is 1. The monoisotopic (exact) mass is 175 g/mol. The Bertz CT molecular complexity index is 265. The summed E-state index contributed by atoms with van der Waals surface area (Å²) in [5.41, 5.74) is 0. The van der Waals surface area contributed by atoms with Gasteiger partial charge in [-0.3, -0.25) is 9.89 Å². The molecule has 0 spiro atoms. The summed E-state index contributed by atoms with van der Waals surface area (Å²) >= 11 is 0. The Morgan fingerprint density at radius 2 is 2.42 bits per heavy atom. The van der Waals surface area contributed by atoms with Crippen LogP contribution in [-0.4, -0.2) is 22.0 Å². The van der Waals surface area contributed by atoms with Gasteiger partial charge in [0.15, 0.2) is 0 Å². The molecule has 0 unspecified atom stereocenters. The van der Waals surface area contributed by atoms with Crippen molar-refractivity contribution in [3.8, 4) is 0 Å². The second-order valence-corrected chi connectivity index (χ2v) is 2.31.